The summed E-state index contributed by atoms with van der Waals surface area (Å²) in [5.74, 6) is 3.37. The molecule has 4 unspecified atom stereocenters. The van der Waals surface area contributed by atoms with E-state index in [4.69, 9.17) is 14.2 Å². The van der Waals surface area contributed by atoms with Crippen molar-refractivity contribution in [1.29, 1.82) is 0 Å². The van der Waals surface area contributed by atoms with Crippen LogP contribution in [0.3, 0.4) is 0 Å². The number of piperidine rings is 4. The van der Waals surface area contributed by atoms with Gasteiger partial charge in [0.2, 0.25) is 23.6 Å². The van der Waals surface area contributed by atoms with E-state index in [-0.39, 0.29) is 35.0 Å². The highest BCUT2D eigenvalue weighted by Crippen LogP contribution is 2.43. The van der Waals surface area contributed by atoms with Gasteiger partial charge in [0.25, 0.3) is 0 Å². The van der Waals surface area contributed by atoms with Crippen molar-refractivity contribution in [3.8, 4) is 17.2 Å². The van der Waals surface area contributed by atoms with Crippen molar-refractivity contribution in [3.05, 3.63) is 242 Å². The molecule has 16 rings (SSSR count). The molecular weight excluding hydrogens is 1410 g/mol. The number of amides is 4. The van der Waals surface area contributed by atoms with Gasteiger partial charge in [0.05, 0.1) is 31.9 Å². The van der Waals surface area contributed by atoms with E-state index >= 15 is 0 Å². The Morgan fingerprint density at radius 1 is 0.398 bits per heavy atom. The topological polar surface area (TPSA) is 205 Å². The molecule has 8 atom stereocenters. The number of hydrogen-bond donors (Lipinski definition) is 8. The van der Waals surface area contributed by atoms with Gasteiger partial charge in [0, 0.05) is 173 Å². The van der Waals surface area contributed by atoms with Crippen LogP contribution in [0.15, 0.2) is 170 Å². The zero-order valence-corrected chi connectivity index (χ0v) is 68.2. The van der Waals surface area contributed by atoms with Gasteiger partial charge in [0.1, 0.15) is 17.2 Å². The van der Waals surface area contributed by atoms with Gasteiger partial charge in [-0.3, -0.25) is 19.2 Å². The second-order valence-electron chi connectivity index (χ2n) is 32.1. The Hall–Kier alpha value is -9.28. The minimum Gasteiger partial charge on any atom is -0.496 e. The summed E-state index contributed by atoms with van der Waals surface area (Å²) in [7, 11) is 10.9. The van der Waals surface area contributed by atoms with Crippen LogP contribution in [-0.4, -0.2) is 123 Å². The van der Waals surface area contributed by atoms with Crippen LogP contribution >= 0.6 is 0 Å². The van der Waals surface area contributed by atoms with E-state index in [1.807, 2.05) is 55.0 Å². The Morgan fingerprint density at radius 2 is 0.726 bits per heavy atom. The Kier molecular flexibility index (Phi) is 27.7. The molecule has 8 aliphatic rings. The molecule has 0 aliphatic carbocycles. The number of likely N-dealkylation sites (N-methyl/N-ethyl adjacent to an activating group) is 1. The lowest BCUT2D eigenvalue weighted by atomic mass is 9.84. The van der Waals surface area contributed by atoms with Crippen LogP contribution in [0.4, 0.5) is 22.7 Å². The molecule has 0 saturated carbocycles. The number of benzene rings is 8. The molecule has 0 aromatic heterocycles. The summed E-state index contributed by atoms with van der Waals surface area (Å²) in [5.41, 5.74) is 19.6. The molecule has 0 radical (unpaired) electrons. The number of fused-ring (bicyclic) bond motifs is 4. The SMILES string of the molecule is CCOc1cc2c(cc1CNC1CCCN[C@H]1c1ccccc1)N(C)C(=O)CC2.COc1cc2c(cc1CNC1CCCN[C@H]1c1ccccc1)CCC(=O)N2C.COc1cc2c(cc1CNC1CCCN[C@H]1c1ccccc1)N(C)C(=O)CC2.Cc1cc2c(cc1CNC1CCCN[C@H]1c1ccccc1)C(C)(C)C(=O)N2C.[HH].[HH].[HH].[HH].[HH].[HH].[HH].[HH]. The van der Waals surface area contributed by atoms with E-state index in [0.717, 1.165) is 147 Å². The molecule has 19 nitrogen and oxygen atoms in total. The Balaban J connectivity index is 0.000000281. The number of nitrogens with zero attached hydrogens (tertiary/aromatic N) is 4. The van der Waals surface area contributed by atoms with Crippen LogP contribution in [0.25, 0.3) is 0 Å². The van der Waals surface area contributed by atoms with Gasteiger partial charge in [-0.25, -0.2) is 0 Å². The summed E-state index contributed by atoms with van der Waals surface area (Å²) < 4.78 is 17.3. The quantitative estimate of drug-likeness (QED) is 0.0357. The predicted molar refractivity (Wildman–Crippen MR) is 472 cm³/mol. The average Bonchev–Trinajstić information content (AvgIpc) is 1.59. The molecule has 19 heteroatoms. The number of ether oxygens (including phenoxy) is 3. The number of aryl methyl sites for hydroxylation is 4. The van der Waals surface area contributed by atoms with Crippen molar-refractivity contribution >= 4 is 46.4 Å². The number of carbonyl (C=O) groups is 4. The second kappa shape index (κ2) is 38.2. The van der Waals surface area contributed by atoms with Crippen LogP contribution in [0.2, 0.25) is 0 Å². The molecule has 0 spiro atoms. The van der Waals surface area contributed by atoms with Crippen molar-refractivity contribution in [3.63, 3.8) is 0 Å². The monoisotopic (exact) mass is 1550 g/mol. The number of methoxy groups -OCH3 is 2. The molecule has 0 bridgehead atoms. The smallest absolute Gasteiger partial charge is 0.236 e. The molecule has 4 saturated heterocycles. The van der Waals surface area contributed by atoms with Crippen LogP contribution < -0.4 is 76.3 Å². The van der Waals surface area contributed by atoms with E-state index in [9.17, 15) is 19.2 Å². The van der Waals surface area contributed by atoms with Crippen molar-refractivity contribution in [2.45, 2.75) is 198 Å². The van der Waals surface area contributed by atoms with Gasteiger partial charge in [0.15, 0.2) is 0 Å². The van der Waals surface area contributed by atoms with E-state index in [2.05, 4.69) is 213 Å². The molecule has 4 amide bonds. The lowest BCUT2D eigenvalue weighted by Crippen LogP contribution is -2.45. The maximum absolute atomic E-state index is 12.6. The van der Waals surface area contributed by atoms with E-state index < -0.39 is 5.41 Å². The predicted octanol–water partition coefficient (Wildman–Crippen LogP) is 15.8. The second-order valence-corrected chi connectivity index (χ2v) is 32.1. The van der Waals surface area contributed by atoms with Gasteiger partial charge in [-0.2, -0.15) is 0 Å². The Morgan fingerprint density at radius 3 is 1.10 bits per heavy atom. The summed E-state index contributed by atoms with van der Waals surface area (Å²) in [4.78, 5) is 56.0. The summed E-state index contributed by atoms with van der Waals surface area (Å²) in [6.45, 7) is 16.1. The lowest BCUT2D eigenvalue weighted by Gasteiger charge is -2.34. The molecular formula is C94H136N12O7. The van der Waals surface area contributed by atoms with Crippen LogP contribution in [-0.2, 0) is 70.0 Å². The van der Waals surface area contributed by atoms with E-state index in [1.54, 1.807) is 33.8 Å². The fourth-order valence-corrected chi connectivity index (χ4v) is 18.0. The summed E-state index contributed by atoms with van der Waals surface area (Å²) in [6.07, 6.45) is 13.4. The highest BCUT2D eigenvalue weighted by atomic mass is 16.5. The molecule has 8 aromatic carbocycles. The summed E-state index contributed by atoms with van der Waals surface area (Å²) >= 11 is 0. The third-order valence-corrected chi connectivity index (χ3v) is 24.6. The van der Waals surface area contributed by atoms with Gasteiger partial charge in [-0.15, -0.1) is 0 Å². The normalized spacial score (nSPS) is 22.4. The van der Waals surface area contributed by atoms with Crippen LogP contribution in [0, 0.1) is 6.92 Å². The van der Waals surface area contributed by atoms with Gasteiger partial charge < -0.3 is 76.3 Å². The molecule has 614 valence electrons. The maximum Gasteiger partial charge on any atom is 0.236 e. The van der Waals surface area contributed by atoms with Gasteiger partial charge in [-0.1, -0.05) is 127 Å². The number of nitrogens with one attached hydrogen (secondary N) is 8. The first-order valence-electron chi connectivity index (χ1n) is 41.4. The third-order valence-electron chi connectivity index (χ3n) is 24.6. The third kappa shape index (κ3) is 19.2. The molecule has 8 aromatic rings. The fourth-order valence-electron chi connectivity index (χ4n) is 18.0. The fraction of sp³-hybridized carbons (Fsp3) is 0.447. The molecule has 4 fully saturated rings. The van der Waals surface area contributed by atoms with Gasteiger partial charge >= 0.3 is 0 Å². The van der Waals surface area contributed by atoms with Crippen LogP contribution in [0.1, 0.15) is 199 Å². The highest BCUT2D eigenvalue weighted by Gasteiger charge is 2.43. The summed E-state index contributed by atoms with van der Waals surface area (Å²) in [5, 5.41) is 29.8. The molecule has 8 N–H and O–H groups in total. The van der Waals surface area contributed by atoms with Crippen LogP contribution in [0.5, 0.6) is 17.2 Å². The Labute approximate surface area is 682 Å². The minimum absolute atomic E-state index is 0. The number of rotatable bonds is 20. The summed E-state index contributed by atoms with van der Waals surface area (Å²) in [6, 6.07) is 62.6. The van der Waals surface area contributed by atoms with Crippen molar-refractivity contribution in [1.82, 2.24) is 42.5 Å². The first-order chi connectivity index (χ1) is 54.9. The number of hydrogen-bond acceptors (Lipinski definition) is 15. The number of anilines is 4. The zero-order valence-electron chi connectivity index (χ0n) is 68.2. The minimum atomic E-state index is -0.453. The maximum atomic E-state index is 12.6. The lowest BCUT2D eigenvalue weighted by molar-refractivity contribution is -0.122. The van der Waals surface area contributed by atoms with Crippen molar-refractivity contribution in [2.75, 3.05) is 94.8 Å². The average molecular weight is 1550 g/mol. The van der Waals surface area contributed by atoms with E-state index in [1.165, 1.54) is 82.2 Å². The largest absolute Gasteiger partial charge is 0.496 e. The number of carbonyl (C=O) groups excluding carboxylic acids is 4. The first kappa shape index (κ1) is 81.7. The standard InChI is InChI=1S/C24H31N3O2.C24H31N3O.2C23H29N3O2.8H2/c1-3-29-22-15-18-11-12-23(28)27(2)21(18)14-19(22)16-26-20-10-7-13-25-24(20)17-8-5-4-6-9-17;1-16-13-21-19(24(2,3)23(28)27(21)4)14-18(16)15-26-20-11-8-12-25-22(20)17-9-6-5-7-10-17;1-26-20-13-18(21(28-2)14-17(20)10-11-22(26)27)15-25-19-9-6-12-24-23(19)16-7-4-3-5-8-16;1-26-20-14-21(28-2)18(13-17(20)10-11-22(26)27)15-25-19-9-6-12-24-23(19)16-7-4-3-5-8-16;;;;;;;;/h4-6,8-9,14-15,20,24-26H,3,7,10-13,16H2,1-2H3;5-7,9-10,13-14,20,22,25-26H,8,11-12,15H2,1-4H3;2*3-5,7-8,13-14,19,23-25H,6,9-12,15H2,1-2H3;8*1H/t20?,24-;20?,22-;2*19?,23-;;;;;;;;/m0000......../s1. The molecule has 113 heavy (non-hydrogen) atoms. The van der Waals surface area contributed by atoms with Gasteiger partial charge in [-0.05, 0) is 217 Å². The molecule has 8 heterocycles. The van der Waals surface area contributed by atoms with Crippen molar-refractivity contribution < 1.29 is 44.8 Å². The van der Waals surface area contributed by atoms with Crippen molar-refractivity contribution in [2.24, 2.45) is 0 Å². The zero-order chi connectivity index (χ0) is 79.1. The highest BCUT2D eigenvalue weighted by molar-refractivity contribution is 6.07. The van der Waals surface area contributed by atoms with E-state index in [0.29, 0.717) is 80.7 Å². The Bertz CT molecular complexity index is 4590. The molecule has 8 aliphatic heterocycles. The first-order valence-corrected chi connectivity index (χ1v) is 41.4.